The van der Waals surface area contributed by atoms with Crippen LogP contribution in [0, 0.1) is 0 Å². The smallest absolute Gasteiger partial charge is 0.251 e. The molecule has 10 heteroatoms. The second-order valence-corrected chi connectivity index (χ2v) is 10.5. The zero-order valence-corrected chi connectivity index (χ0v) is 22.0. The number of hydrogen-bond acceptors (Lipinski definition) is 7. The summed E-state index contributed by atoms with van der Waals surface area (Å²) in [7, 11) is 0. The minimum Gasteiger partial charge on any atom is -0.347 e. The van der Waals surface area contributed by atoms with Crippen molar-refractivity contribution in [2.24, 2.45) is 0 Å². The fourth-order valence-electron chi connectivity index (χ4n) is 4.25. The number of pyridine rings is 1. The van der Waals surface area contributed by atoms with E-state index in [1.807, 2.05) is 36.4 Å². The molecule has 2 aromatic carbocycles. The Morgan fingerprint density at radius 3 is 2.72 bits per heavy atom. The van der Waals surface area contributed by atoms with E-state index in [0.717, 1.165) is 32.3 Å². The molecule has 0 aliphatic carbocycles. The first kappa shape index (κ1) is 24.7. The van der Waals surface area contributed by atoms with Gasteiger partial charge in [-0.05, 0) is 66.7 Å². The number of anilines is 3. The van der Waals surface area contributed by atoms with E-state index < -0.39 is 0 Å². The summed E-state index contributed by atoms with van der Waals surface area (Å²) in [6.07, 6.45) is 3.59. The lowest BCUT2D eigenvalue weighted by atomic mass is 10.1. The van der Waals surface area contributed by atoms with Crippen LogP contribution in [0.5, 0.6) is 0 Å². The van der Waals surface area contributed by atoms with E-state index in [2.05, 4.69) is 30.9 Å². The molecule has 1 aliphatic heterocycles. The monoisotopic (exact) mass is 552 g/mol. The molecule has 1 aliphatic rings. The fraction of sp³-hybridized carbons (Fsp3) is 0.0690. The highest BCUT2D eigenvalue weighted by Crippen LogP contribution is 2.35. The number of halogens is 1. The Kier molecular flexibility index (Phi) is 6.75. The van der Waals surface area contributed by atoms with Crippen molar-refractivity contribution in [2.75, 3.05) is 10.6 Å². The summed E-state index contributed by atoms with van der Waals surface area (Å²) in [5.74, 6) is 0.0637. The molecular formula is C29H21ClN6O2S. The molecule has 5 aromatic rings. The van der Waals surface area contributed by atoms with Crippen LogP contribution in [-0.2, 0) is 17.8 Å². The van der Waals surface area contributed by atoms with Gasteiger partial charge >= 0.3 is 0 Å². The largest absolute Gasteiger partial charge is 0.347 e. The Balaban J connectivity index is 1.12. The lowest BCUT2D eigenvalue weighted by Crippen LogP contribution is -2.22. The maximum absolute atomic E-state index is 12.7. The van der Waals surface area contributed by atoms with Gasteiger partial charge in [0.25, 0.3) is 5.91 Å². The molecule has 6 rings (SSSR count). The first-order valence-electron chi connectivity index (χ1n) is 12.1. The Morgan fingerprint density at radius 2 is 1.90 bits per heavy atom. The number of nitrogens with zero attached hydrogens (tertiary/aromatic N) is 3. The molecule has 0 fully saturated rings. The topological polar surface area (TPSA) is 109 Å². The van der Waals surface area contributed by atoms with Crippen LogP contribution in [-0.4, -0.2) is 26.8 Å². The normalized spacial score (nSPS) is 12.1. The Bertz CT molecular complexity index is 1690. The first-order valence-corrected chi connectivity index (χ1v) is 13.3. The lowest BCUT2D eigenvalue weighted by molar-refractivity contribution is -0.115. The van der Waals surface area contributed by atoms with E-state index in [9.17, 15) is 9.59 Å². The summed E-state index contributed by atoms with van der Waals surface area (Å²) in [5, 5.41) is 9.55. The molecular weight excluding hydrogens is 532 g/mol. The van der Waals surface area contributed by atoms with Crippen LogP contribution in [0.25, 0.3) is 21.8 Å². The number of amides is 2. The van der Waals surface area contributed by atoms with E-state index in [0.29, 0.717) is 34.5 Å². The maximum atomic E-state index is 12.7. The molecule has 192 valence electrons. The highest BCUT2D eigenvalue weighted by Gasteiger charge is 2.21. The highest BCUT2D eigenvalue weighted by atomic mass is 35.5. The number of aromatic nitrogens is 3. The predicted molar refractivity (Wildman–Crippen MR) is 153 cm³/mol. The summed E-state index contributed by atoms with van der Waals surface area (Å²) >= 11 is 7.73. The van der Waals surface area contributed by atoms with Gasteiger partial charge in [-0.2, -0.15) is 0 Å². The van der Waals surface area contributed by atoms with Gasteiger partial charge in [-0.15, -0.1) is 11.3 Å². The van der Waals surface area contributed by atoms with Gasteiger partial charge in [0.2, 0.25) is 11.9 Å². The standard InChI is InChI=1S/C29H21ClN6O2S/c30-19-6-10-22-24(14-19)35-26(37)13-18-15-33-29(36-27(18)22)34-20-7-4-17(5-8-20)28(38)32-16-21-9-11-25(39-21)23-3-1-2-12-31-23/h1-12,14-15H,13,16H2,(H,32,38)(H,35,37)(H,33,34,36). The van der Waals surface area contributed by atoms with Crippen molar-refractivity contribution in [1.29, 1.82) is 0 Å². The Morgan fingerprint density at radius 1 is 1.03 bits per heavy atom. The average molecular weight is 553 g/mol. The summed E-state index contributed by atoms with van der Waals surface area (Å²) in [4.78, 5) is 40.6. The third-order valence-corrected chi connectivity index (χ3v) is 7.47. The minimum atomic E-state index is -0.164. The van der Waals surface area contributed by atoms with Crippen LogP contribution in [0.3, 0.4) is 0 Å². The van der Waals surface area contributed by atoms with Gasteiger partial charge in [-0.3, -0.25) is 14.6 Å². The van der Waals surface area contributed by atoms with E-state index >= 15 is 0 Å². The van der Waals surface area contributed by atoms with E-state index in [1.165, 1.54) is 0 Å². The van der Waals surface area contributed by atoms with Crippen LogP contribution < -0.4 is 16.0 Å². The molecule has 8 nitrogen and oxygen atoms in total. The first-order chi connectivity index (χ1) is 19.0. The second-order valence-electron chi connectivity index (χ2n) is 8.85. The molecule has 0 bridgehead atoms. The number of carbonyl (C=O) groups is 2. The number of nitrogens with one attached hydrogen (secondary N) is 3. The molecule has 4 heterocycles. The molecule has 3 aromatic heterocycles. The highest BCUT2D eigenvalue weighted by molar-refractivity contribution is 7.15. The molecule has 0 saturated carbocycles. The SMILES string of the molecule is O=C1Cc2cnc(Nc3ccc(C(=O)NCc4ccc(-c5ccccn5)s4)cc3)nc2-c2ccc(Cl)cc2N1. The van der Waals surface area contributed by atoms with Gasteiger partial charge in [-0.1, -0.05) is 17.7 Å². The summed E-state index contributed by atoms with van der Waals surface area (Å²) < 4.78 is 0. The zero-order valence-electron chi connectivity index (χ0n) is 20.4. The Hall–Kier alpha value is -4.60. The molecule has 0 atom stereocenters. The van der Waals surface area contributed by atoms with Crippen molar-refractivity contribution >= 4 is 52.1 Å². The van der Waals surface area contributed by atoms with E-state index in [4.69, 9.17) is 11.6 Å². The fourth-order valence-corrected chi connectivity index (χ4v) is 5.34. The van der Waals surface area contributed by atoms with Crippen LogP contribution >= 0.6 is 22.9 Å². The third-order valence-electron chi connectivity index (χ3n) is 6.13. The van der Waals surface area contributed by atoms with Crippen molar-refractivity contribution in [1.82, 2.24) is 20.3 Å². The molecule has 0 unspecified atom stereocenters. The quantitative estimate of drug-likeness (QED) is 0.235. The Labute approximate surface area is 233 Å². The number of thiophene rings is 1. The molecule has 0 spiro atoms. The predicted octanol–water partition coefficient (Wildman–Crippen LogP) is 6.09. The van der Waals surface area contributed by atoms with Gasteiger partial charge in [0.15, 0.2) is 0 Å². The summed E-state index contributed by atoms with van der Waals surface area (Å²) in [5.41, 5.74) is 4.96. The number of fused-ring (bicyclic) bond motifs is 3. The van der Waals surface area contributed by atoms with Crippen molar-refractivity contribution in [3.63, 3.8) is 0 Å². The second kappa shape index (κ2) is 10.6. The number of rotatable bonds is 6. The minimum absolute atomic E-state index is 0.150. The molecule has 39 heavy (non-hydrogen) atoms. The van der Waals surface area contributed by atoms with Gasteiger partial charge in [0.05, 0.1) is 34.9 Å². The number of hydrogen-bond donors (Lipinski definition) is 3. The van der Waals surface area contributed by atoms with Crippen LogP contribution in [0.4, 0.5) is 17.3 Å². The molecule has 2 amide bonds. The zero-order chi connectivity index (χ0) is 26.8. The van der Waals surface area contributed by atoms with Gasteiger partial charge in [-0.25, -0.2) is 9.97 Å². The third kappa shape index (κ3) is 5.50. The van der Waals surface area contributed by atoms with Gasteiger partial charge < -0.3 is 16.0 Å². The molecule has 0 saturated heterocycles. The van der Waals surface area contributed by atoms with E-state index in [-0.39, 0.29) is 18.2 Å². The molecule has 3 N–H and O–H groups in total. The van der Waals surface area contributed by atoms with Crippen LogP contribution in [0.2, 0.25) is 5.02 Å². The van der Waals surface area contributed by atoms with Gasteiger partial charge in [0.1, 0.15) is 0 Å². The number of carbonyl (C=O) groups excluding carboxylic acids is 2. The van der Waals surface area contributed by atoms with Crippen molar-refractivity contribution in [3.8, 4) is 21.8 Å². The van der Waals surface area contributed by atoms with Crippen molar-refractivity contribution < 1.29 is 9.59 Å². The van der Waals surface area contributed by atoms with E-state index in [1.54, 1.807) is 60.1 Å². The molecule has 0 radical (unpaired) electrons. The van der Waals surface area contributed by atoms with Crippen LogP contribution in [0.1, 0.15) is 20.8 Å². The van der Waals surface area contributed by atoms with Crippen molar-refractivity contribution in [2.45, 2.75) is 13.0 Å². The summed E-state index contributed by atoms with van der Waals surface area (Å²) in [6, 6.07) is 22.2. The maximum Gasteiger partial charge on any atom is 0.251 e. The summed E-state index contributed by atoms with van der Waals surface area (Å²) in [6.45, 7) is 0.434. The lowest BCUT2D eigenvalue weighted by Gasteiger charge is -2.11. The average Bonchev–Trinajstić information content (AvgIpc) is 3.38. The number of benzene rings is 2. The van der Waals surface area contributed by atoms with Gasteiger partial charge in [0, 0.05) is 44.7 Å². The van der Waals surface area contributed by atoms with Crippen molar-refractivity contribution in [3.05, 3.63) is 106 Å². The van der Waals surface area contributed by atoms with Crippen LogP contribution in [0.15, 0.2) is 85.2 Å².